The van der Waals surface area contributed by atoms with E-state index in [2.05, 4.69) is 4.98 Å². The van der Waals surface area contributed by atoms with Crippen molar-refractivity contribution >= 4 is 16.6 Å². The van der Waals surface area contributed by atoms with Crippen LogP contribution in [0.5, 0.6) is 5.75 Å². The number of hydrogen-bond acceptors (Lipinski definition) is 6. The first-order valence-corrected chi connectivity index (χ1v) is 9.46. The van der Waals surface area contributed by atoms with Gasteiger partial charge in [-0.05, 0) is 31.5 Å². The number of aromatic nitrogens is 1. The smallest absolute Gasteiger partial charge is 0.291 e. The molecule has 2 aromatic carbocycles. The van der Waals surface area contributed by atoms with E-state index in [0.29, 0.717) is 36.5 Å². The molecule has 7 nitrogen and oxygen atoms in total. The molecular weight excluding hydrogens is 372 g/mol. The Labute approximate surface area is 168 Å². The summed E-state index contributed by atoms with van der Waals surface area (Å²) < 4.78 is 17.3. The summed E-state index contributed by atoms with van der Waals surface area (Å²) in [6, 6.07) is 15.3. The highest BCUT2D eigenvalue weighted by atomic mass is 16.7. The summed E-state index contributed by atoms with van der Waals surface area (Å²) in [4.78, 5) is 15.4. The lowest BCUT2D eigenvalue weighted by Crippen LogP contribution is -2.22. The maximum Gasteiger partial charge on any atom is 0.291 e. The minimum absolute atomic E-state index is 0.0104. The standard InChI is InChI=1S/C22H22N2O5/c1-22(2)28-14-17(29-22)10-19-18-9-8-16(27-13-15-6-4-3-5-7-15)11-20(18)23-12-21(19)24(25)26/h3-9,11-12,17H,10,13-14H2,1-2H3. The van der Waals surface area contributed by atoms with Crippen LogP contribution < -0.4 is 4.74 Å². The van der Waals surface area contributed by atoms with Gasteiger partial charge in [-0.15, -0.1) is 0 Å². The Morgan fingerprint density at radius 2 is 2.03 bits per heavy atom. The summed E-state index contributed by atoms with van der Waals surface area (Å²) in [5, 5.41) is 12.3. The highest BCUT2D eigenvalue weighted by Gasteiger charge is 2.34. The first-order chi connectivity index (χ1) is 13.9. The fourth-order valence-electron chi connectivity index (χ4n) is 3.51. The molecule has 0 N–H and O–H groups in total. The van der Waals surface area contributed by atoms with Crippen LogP contribution in [0, 0.1) is 10.1 Å². The summed E-state index contributed by atoms with van der Waals surface area (Å²) in [5.41, 5.74) is 2.30. The van der Waals surface area contributed by atoms with E-state index in [9.17, 15) is 10.1 Å². The first kappa shape index (κ1) is 19.3. The van der Waals surface area contributed by atoms with Gasteiger partial charge in [0.25, 0.3) is 5.69 Å². The monoisotopic (exact) mass is 394 g/mol. The molecule has 1 aliphatic heterocycles. The average molecular weight is 394 g/mol. The van der Waals surface area contributed by atoms with E-state index in [1.807, 2.05) is 56.3 Å². The van der Waals surface area contributed by atoms with Gasteiger partial charge in [0.1, 0.15) is 18.6 Å². The van der Waals surface area contributed by atoms with Crippen molar-refractivity contribution in [3.05, 3.63) is 76.0 Å². The number of pyridine rings is 1. The van der Waals surface area contributed by atoms with Crippen LogP contribution in [0.25, 0.3) is 10.9 Å². The summed E-state index contributed by atoms with van der Waals surface area (Å²) in [6.07, 6.45) is 1.44. The fraction of sp³-hybridized carbons (Fsp3) is 0.318. The number of ether oxygens (including phenoxy) is 3. The van der Waals surface area contributed by atoms with E-state index in [1.54, 1.807) is 6.07 Å². The van der Waals surface area contributed by atoms with E-state index in [1.165, 1.54) is 6.20 Å². The fourth-order valence-corrected chi connectivity index (χ4v) is 3.51. The summed E-state index contributed by atoms with van der Waals surface area (Å²) >= 11 is 0. The molecule has 150 valence electrons. The molecule has 1 aliphatic rings. The molecule has 29 heavy (non-hydrogen) atoms. The molecule has 1 atom stereocenters. The Hall–Kier alpha value is -3.03. The van der Waals surface area contributed by atoms with Crippen molar-refractivity contribution in [2.45, 2.75) is 38.8 Å². The number of hydrogen-bond donors (Lipinski definition) is 0. The van der Waals surface area contributed by atoms with Crippen LogP contribution in [-0.2, 0) is 22.5 Å². The van der Waals surface area contributed by atoms with Crippen LogP contribution >= 0.6 is 0 Å². The second-order valence-electron chi connectivity index (χ2n) is 7.49. The van der Waals surface area contributed by atoms with Gasteiger partial charge in [-0.1, -0.05) is 30.3 Å². The van der Waals surface area contributed by atoms with Gasteiger partial charge >= 0.3 is 0 Å². The molecule has 1 unspecified atom stereocenters. The van der Waals surface area contributed by atoms with Gasteiger partial charge in [0.15, 0.2) is 5.79 Å². The zero-order chi connectivity index (χ0) is 20.4. The van der Waals surface area contributed by atoms with Crippen LogP contribution in [0.4, 0.5) is 5.69 Å². The van der Waals surface area contributed by atoms with Crippen LogP contribution in [0.2, 0.25) is 0 Å². The molecule has 7 heteroatoms. The lowest BCUT2D eigenvalue weighted by molar-refractivity contribution is -0.385. The summed E-state index contributed by atoms with van der Waals surface area (Å²) in [7, 11) is 0. The van der Waals surface area contributed by atoms with E-state index in [4.69, 9.17) is 14.2 Å². The molecule has 0 radical (unpaired) electrons. The Morgan fingerprint density at radius 3 is 2.72 bits per heavy atom. The number of benzene rings is 2. The minimum Gasteiger partial charge on any atom is -0.489 e. The highest BCUT2D eigenvalue weighted by molar-refractivity contribution is 5.86. The second-order valence-corrected chi connectivity index (χ2v) is 7.49. The second kappa shape index (κ2) is 7.77. The maximum absolute atomic E-state index is 11.6. The number of fused-ring (bicyclic) bond motifs is 1. The molecule has 1 fully saturated rings. The van der Waals surface area contributed by atoms with Crippen molar-refractivity contribution in [3.63, 3.8) is 0 Å². The zero-order valence-corrected chi connectivity index (χ0v) is 16.3. The van der Waals surface area contributed by atoms with Gasteiger partial charge < -0.3 is 14.2 Å². The molecule has 0 aliphatic carbocycles. The Kier molecular flexibility index (Phi) is 5.17. The third-order valence-electron chi connectivity index (χ3n) is 4.87. The van der Waals surface area contributed by atoms with Gasteiger partial charge in [0.05, 0.1) is 23.2 Å². The molecule has 0 amide bonds. The van der Waals surface area contributed by atoms with Gasteiger partial charge in [-0.3, -0.25) is 10.1 Å². The SMILES string of the molecule is CC1(C)OCC(Cc2c([N+](=O)[O-])cnc3cc(OCc4ccccc4)ccc23)O1. The van der Waals surface area contributed by atoms with Crippen LogP contribution in [0.1, 0.15) is 25.0 Å². The number of nitro groups is 1. The molecule has 1 aromatic heterocycles. The molecule has 0 bridgehead atoms. The molecule has 2 heterocycles. The minimum atomic E-state index is -0.680. The van der Waals surface area contributed by atoms with Crippen molar-refractivity contribution in [2.75, 3.05) is 6.61 Å². The van der Waals surface area contributed by atoms with Gasteiger partial charge in [-0.2, -0.15) is 0 Å². The Morgan fingerprint density at radius 1 is 1.24 bits per heavy atom. The van der Waals surface area contributed by atoms with E-state index in [-0.39, 0.29) is 11.8 Å². The summed E-state index contributed by atoms with van der Waals surface area (Å²) in [6.45, 7) is 4.51. The molecule has 0 saturated carbocycles. The van der Waals surface area contributed by atoms with Gasteiger partial charge in [0.2, 0.25) is 0 Å². The van der Waals surface area contributed by atoms with Crippen molar-refractivity contribution in [2.24, 2.45) is 0 Å². The van der Waals surface area contributed by atoms with Crippen LogP contribution in [-0.4, -0.2) is 28.4 Å². The zero-order valence-electron chi connectivity index (χ0n) is 16.3. The third kappa shape index (κ3) is 4.36. The third-order valence-corrected chi connectivity index (χ3v) is 4.87. The predicted octanol–water partition coefficient (Wildman–Crippen LogP) is 4.42. The van der Waals surface area contributed by atoms with Crippen LogP contribution in [0.15, 0.2) is 54.7 Å². The van der Waals surface area contributed by atoms with Crippen molar-refractivity contribution in [1.82, 2.24) is 4.98 Å². The lowest BCUT2D eigenvalue weighted by atomic mass is 10.0. The van der Waals surface area contributed by atoms with Crippen LogP contribution in [0.3, 0.4) is 0 Å². The number of nitrogens with zero attached hydrogens (tertiary/aromatic N) is 2. The normalized spacial score (nSPS) is 18.1. The van der Waals surface area contributed by atoms with E-state index in [0.717, 1.165) is 10.9 Å². The van der Waals surface area contributed by atoms with Gasteiger partial charge in [-0.25, -0.2) is 4.98 Å². The first-order valence-electron chi connectivity index (χ1n) is 9.46. The van der Waals surface area contributed by atoms with Gasteiger partial charge in [0, 0.05) is 23.4 Å². The quantitative estimate of drug-likeness (QED) is 0.455. The Balaban J connectivity index is 1.62. The van der Waals surface area contributed by atoms with Crippen molar-refractivity contribution < 1.29 is 19.1 Å². The number of rotatable bonds is 6. The highest BCUT2D eigenvalue weighted by Crippen LogP contribution is 2.33. The molecule has 1 saturated heterocycles. The largest absolute Gasteiger partial charge is 0.489 e. The Bertz CT molecular complexity index is 1040. The molecule has 4 rings (SSSR count). The maximum atomic E-state index is 11.6. The molecule has 3 aromatic rings. The lowest BCUT2D eigenvalue weighted by Gasteiger charge is -2.17. The van der Waals surface area contributed by atoms with Crippen molar-refractivity contribution in [1.29, 1.82) is 0 Å². The predicted molar refractivity (Wildman–Crippen MR) is 108 cm³/mol. The molecule has 0 spiro atoms. The molecular formula is C22H22N2O5. The van der Waals surface area contributed by atoms with E-state index >= 15 is 0 Å². The topological polar surface area (TPSA) is 83.7 Å². The summed E-state index contributed by atoms with van der Waals surface area (Å²) in [5.74, 6) is -0.0176. The van der Waals surface area contributed by atoms with E-state index < -0.39 is 10.7 Å². The van der Waals surface area contributed by atoms with Crippen molar-refractivity contribution in [3.8, 4) is 5.75 Å². The average Bonchev–Trinajstić information content (AvgIpc) is 3.05.